The van der Waals surface area contributed by atoms with Gasteiger partial charge < -0.3 is 15.3 Å². The second-order valence-electron chi connectivity index (χ2n) is 7.35. The van der Waals surface area contributed by atoms with Crippen LogP contribution in [0.15, 0.2) is 54.6 Å². The number of aliphatic hydroxyl groups excluding tert-OH is 1. The van der Waals surface area contributed by atoms with Crippen LogP contribution in [0.3, 0.4) is 0 Å². The van der Waals surface area contributed by atoms with Crippen LogP contribution in [-0.2, 0) is 12.6 Å². The molecular weight excluding hydrogens is 369 g/mol. The highest BCUT2D eigenvalue weighted by molar-refractivity contribution is 5.89. The lowest BCUT2D eigenvalue weighted by Gasteiger charge is -2.42. The Bertz CT molecular complexity index is 794. The third-order valence-corrected chi connectivity index (χ3v) is 5.17. The number of nitrogens with zero attached hydrogens (tertiary/aromatic N) is 1. The van der Waals surface area contributed by atoms with Crippen molar-refractivity contribution >= 4 is 11.7 Å². The van der Waals surface area contributed by atoms with Crippen LogP contribution in [0.25, 0.3) is 0 Å². The largest absolute Gasteiger partial charge is 0.416 e. The van der Waals surface area contributed by atoms with Crippen LogP contribution < -0.4 is 5.32 Å². The average molecular weight is 392 g/mol. The Morgan fingerprint density at radius 2 is 1.79 bits per heavy atom. The molecule has 1 fully saturated rings. The van der Waals surface area contributed by atoms with E-state index >= 15 is 0 Å². The quantitative estimate of drug-likeness (QED) is 0.802. The number of carbonyl (C=O) groups excluding carboxylic acids is 1. The molecule has 0 aromatic heterocycles. The third-order valence-electron chi connectivity index (χ3n) is 5.17. The molecule has 1 heterocycles. The Kier molecular flexibility index (Phi) is 5.93. The van der Waals surface area contributed by atoms with Crippen molar-refractivity contribution in [2.75, 3.05) is 25.0 Å². The van der Waals surface area contributed by atoms with Gasteiger partial charge in [-0.3, -0.25) is 0 Å². The van der Waals surface area contributed by atoms with Gasteiger partial charge in [0.05, 0.1) is 12.2 Å². The van der Waals surface area contributed by atoms with E-state index in [-0.39, 0.29) is 12.6 Å². The third kappa shape index (κ3) is 4.84. The molecule has 0 saturated carbocycles. The van der Waals surface area contributed by atoms with Gasteiger partial charge in [0.25, 0.3) is 0 Å². The van der Waals surface area contributed by atoms with Gasteiger partial charge in [-0.1, -0.05) is 30.3 Å². The number of aliphatic hydroxyl groups is 1. The summed E-state index contributed by atoms with van der Waals surface area (Å²) in [6.07, 6.45) is -2.18. The second-order valence-corrected chi connectivity index (χ2v) is 7.35. The summed E-state index contributed by atoms with van der Waals surface area (Å²) in [5.74, 6) is 0. The number of piperidine rings is 1. The summed E-state index contributed by atoms with van der Waals surface area (Å²) < 4.78 is 38.0. The number of carbonyl (C=O) groups is 1. The van der Waals surface area contributed by atoms with Crippen LogP contribution in [0, 0.1) is 5.41 Å². The number of amides is 2. The molecule has 1 aliphatic rings. The van der Waals surface area contributed by atoms with Gasteiger partial charge in [0.15, 0.2) is 0 Å². The number of urea groups is 1. The number of hydrogen-bond donors (Lipinski definition) is 2. The number of halogens is 3. The van der Waals surface area contributed by atoms with Gasteiger partial charge in [-0.15, -0.1) is 0 Å². The van der Waals surface area contributed by atoms with E-state index in [0.29, 0.717) is 25.2 Å². The highest BCUT2D eigenvalue weighted by Gasteiger charge is 2.37. The molecule has 2 N–H and O–H groups in total. The zero-order chi connectivity index (χ0) is 20.2. The lowest BCUT2D eigenvalue weighted by molar-refractivity contribution is -0.137. The predicted octanol–water partition coefficient (Wildman–Crippen LogP) is 4.55. The number of anilines is 1. The van der Waals surface area contributed by atoms with Gasteiger partial charge in [0.2, 0.25) is 0 Å². The van der Waals surface area contributed by atoms with E-state index < -0.39 is 17.2 Å². The first-order valence-corrected chi connectivity index (χ1v) is 9.19. The lowest BCUT2D eigenvalue weighted by atomic mass is 9.76. The molecule has 1 unspecified atom stereocenters. The number of benzene rings is 2. The van der Waals surface area contributed by atoms with E-state index in [2.05, 4.69) is 5.32 Å². The molecule has 28 heavy (non-hydrogen) atoms. The normalized spacial score (nSPS) is 20.1. The van der Waals surface area contributed by atoms with Crippen molar-refractivity contribution < 1.29 is 23.1 Å². The zero-order valence-corrected chi connectivity index (χ0v) is 15.4. The molecule has 7 heteroatoms. The maximum atomic E-state index is 12.7. The molecule has 1 aliphatic heterocycles. The molecular formula is C21H23F3N2O2. The molecule has 0 aliphatic carbocycles. The van der Waals surface area contributed by atoms with E-state index in [1.165, 1.54) is 12.1 Å². The van der Waals surface area contributed by atoms with E-state index in [0.717, 1.165) is 30.5 Å². The van der Waals surface area contributed by atoms with Crippen LogP contribution in [0.5, 0.6) is 0 Å². The number of alkyl halides is 3. The van der Waals surface area contributed by atoms with Crippen LogP contribution in [0.4, 0.5) is 23.7 Å². The first-order valence-electron chi connectivity index (χ1n) is 9.19. The lowest BCUT2D eigenvalue weighted by Crippen LogP contribution is -2.50. The van der Waals surface area contributed by atoms with Crippen molar-refractivity contribution in [3.05, 3.63) is 65.7 Å². The maximum absolute atomic E-state index is 12.7. The Hall–Kier alpha value is -2.54. The minimum Gasteiger partial charge on any atom is -0.396 e. The predicted molar refractivity (Wildman–Crippen MR) is 101 cm³/mol. The highest BCUT2D eigenvalue weighted by Crippen LogP contribution is 2.34. The Labute approximate surface area is 162 Å². The summed E-state index contributed by atoms with van der Waals surface area (Å²) in [5, 5.41) is 12.7. The molecule has 2 amide bonds. The van der Waals surface area contributed by atoms with Crippen LogP contribution >= 0.6 is 0 Å². The Morgan fingerprint density at radius 1 is 1.11 bits per heavy atom. The number of nitrogens with one attached hydrogen (secondary N) is 1. The Morgan fingerprint density at radius 3 is 2.39 bits per heavy atom. The van der Waals surface area contributed by atoms with Crippen molar-refractivity contribution in [3.63, 3.8) is 0 Å². The molecule has 4 nitrogen and oxygen atoms in total. The van der Waals surface area contributed by atoms with E-state index in [1.807, 2.05) is 30.3 Å². The summed E-state index contributed by atoms with van der Waals surface area (Å²) in [4.78, 5) is 14.2. The average Bonchev–Trinajstić information content (AvgIpc) is 2.68. The smallest absolute Gasteiger partial charge is 0.396 e. The van der Waals surface area contributed by atoms with Gasteiger partial charge in [0.1, 0.15) is 0 Å². The van der Waals surface area contributed by atoms with Gasteiger partial charge in [-0.2, -0.15) is 13.2 Å². The molecule has 2 aromatic rings. The van der Waals surface area contributed by atoms with E-state index in [4.69, 9.17) is 0 Å². The van der Waals surface area contributed by atoms with Crippen LogP contribution in [0.1, 0.15) is 24.0 Å². The summed E-state index contributed by atoms with van der Waals surface area (Å²) in [6.45, 7) is 0.903. The zero-order valence-electron chi connectivity index (χ0n) is 15.4. The fourth-order valence-electron chi connectivity index (χ4n) is 3.68. The minimum absolute atomic E-state index is 0.0358. The van der Waals surface area contributed by atoms with Crippen molar-refractivity contribution in [2.24, 2.45) is 5.41 Å². The summed E-state index contributed by atoms with van der Waals surface area (Å²) in [5.41, 5.74) is 0.227. The van der Waals surface area contributed by atoms with Crippen LogP contribution in [-0.4, -0.2) is 35.7 Å². The SMILES string of the molecule is O=C(Nc1ccc(C(F)(F)F)cc1)N1CCCC(CO)(Cc2ccccc2)C1. The summed E-state index contributed by atoms with van der Waals surface area (Å²) in [7, 11) is 0. The van der Waals surface area contributed by atoms with E-state index in [1.54, 1.807) is 4.90 Å². The number of likely N-dealkylation sites (tertiary alicyclic amines) is 1. The van der Waals surface area contributed by atoms with Gasteiger partial charge in [0, 0.05) is 24.2 Å². The van der Waals surface area contributed by atoms with Gasteiger partial charge in [-0.05, 0) is 49.1 Å². The highest BCUT2D eigenvalue weighted by atomic mass is 19.4. The molecule has 1 saturated heterocycles. The first kappa shape index (κ1) is 20.2. The van der Waals surface area contributed by atoms with Crippen molar-refractivity contribution in [2.45, 2.75) is 25.4 Å². The van der Waals surface area contributed by atoms with Crippen molar-refractivity contribution in [3.8, 4) is 0 Å². The maximum Gasteiger partial charge on any atom is 0.416 e. The standard InChI is InChI=1S/C21H23F3N2O2/c22-21(23,24)17-7-9-18(10-8-17)25-19(28)26-12-4-11-20(14-26,15-27)13-16-5-2-1-3-6-16/h1-3,5-10,27H,4,11-15H2,(H,25,28). The molecule has 2 aromatic carbocycles. The number of hydrogen-bond acceptors (Lipinski definition) is 2. The van der Waals surface area contributed by atoms with E-state index in [9.17, 15) is 23.1 Å². The summed E-state index contributed by atoms with van der Waals surface area (Å²) >= 11 is 0. The molecule has 0 bridgehead atoms. The minimum atomic E-state index is -4.41. The van der Waals surface area contributed by atoms with Crippen molar-refractivity contribution in [1.29, 1.82) is 0 Å². The monoisotopic (exact) mass is 392 g/mol. The molecule has 1 atom stereocenters. The van der Waals surface area contributed by atoms with Gasteiger partial charge >= 0.3 is 12.2 Å². The number of rotatable bonds is 4. The fraction of sp³-hybridized carbons (Fsp3) is 0.381. The van der Waals surface area contributed by atoms with Crippen molar-refractivity contribution in [1.82, 2.24) is 4.90 Å². The summed E-state index contributed by atoms with van der Waals surface area (Å²) in [6, 6.07) is 13.8. The topological polar surface area (TPSA) is 52.6 Å². The molecule has 150 valence electrons. The second kappa shape index (κ2) is 8.22. The Balaban J connectivity index is 1.66. The fourth-order valence-corrected chi connectivity index (χ4v) is 3.68. The molecule has 0 spiro atoms. The molecule has 0 radical (unpaired) electrons. The first-order chi connectivity index (χ1) is 13.3. The molecule has 3 rings (SSSR count). The van der Waals surface area contributed by atoms with Crippen LogP contribution in [0.2, 0.25) is 0 Å². The van der Waals surface area contributed by atoms with Gasteiger partial charge in [-0.25, -0.2) is 4.79 Å².